The van der Waals surface area contributed by atoms with Crippen LogP contribution in [0.25, 0.3) is 11.0 Å². The predicted molar refractivity (Wildman–Crippen MR) is 95.5 cm³/mol. The number of nitrogens with one attached hydrogen (secondary N) is 3. The van der Waals surface area contributed by atoms with Crippen LogP contribution in [0.3, 0.4) is 0 Å². The van der Waals surface area contributed by atoms with Crippen molar-refractivity contribution in [3.05, 3.63) is 88.5 Å². The molecule has 2 aromatic carbocycles. The van der Waals surface area contributed by atoms with Gasteiger partial charge in [-0.2, -0.15) is 0 Å². The van der Waals surface area contributed by atoms with Crippen molar-refractivity contribution in [3.8, 4) is 0 Å². The third-order valence-corrected chi connectivity index (χ3v) is 3.87. The Hall–Kier alpha value is -3.86. The maximum Gasteiger partial charge on any atom is 0.314 e. The molecule has 11 heteroatoms. The zero-order chi connectivity index (χ0) is 19.6. The first-order chi connectivity index (χ1) is 12.8. The molecule has 0 aliphatic carbocycles. The minimum absolute atomic E-state index is 0.0444. The fraction of sp³-hybridized carbons (Fsp3) is 0.125. The summed E-state index contributed by atoms with van der Waals surface area (Å²) in [6.07, 6.45) is 0. The van der Waals surface area contributed by atoms with Crippen LogP contribution in [0, 0.1) is 20.2 Å². The zero-order valence-electron chi connectivity index (χ0n) is 13.7. The normalized spacial score (nSPS) is 10.8. The largest absolute Gasteiger partial charge is 0.316 e. The summed E-state index contributed by atoms with van der Waals surface area (Å²) >= 11 is 0. The highest BCUT2D eigenvalue weighted by Crippen LogP contribution is 2.21. The number of hydrogen-bond acceptors (Lipinski definition) is 7. The molecule has 0 aliphatic heterocycles. The van der Waals surface area contributed by atoms with E-state index in [0.717, 1.165) is 6.07 Å². The van der Waals surface area contributed by atoms with Crippen molar-refractivity contribution < 1.29 is 9.85 Å². The molecule has 0 bridgehead atoms. The summed E-state index contributed by atoms with van der Waals surface area (Å²) in [4.78, 5) is 48.6. The maximum atomic E-state index is 11.6. The van der Waals surface area contributed by atoms with E-state index in [2.05, 4.69) is 15.3 Å². The minimum atomic E-state index is -0.904. The number of non-ortho nitro benzene ring substituents is 2. The van der Waals surface area contributed by atoms with Crippen LogP contribution in [0.4, 0.5) is 11.4 Å². The summed E-state index contributed by atoms with van der Waals surface area (Å²) in [6, 6.07) is 8.50. The van der Waals surface area contributed by atoms with E-state index in [1.165, 1.54) is 18.2 Å². The number of benzene rings is 2. The van der Waals surface area contributed by atoms with Crippen molar-refractivity contribution in [2.24, 2.45) is 0 Å². The van der Waals surface area contributed by atoms with Crippen molar-refractivity contribution in [2.45, 2.75) is 13.1 Å². The van der Waals surface area contributed by atoms with Gasteiger partial charge in [0.25, 0.3) is 11.4 Å². The van der Waals surface area contributed by atoms with Gasteiger partial charge in [0.2, 0.25) is 0 Å². The molecule has 0 radical (unpaired) electrons. The second-order valence-corrected chi connectivity index (χ2v) is 5.72. The monoisotopic (exact) mass is 371 g/mol. The van der Waals surface area contributed by atoms with Crippen LogP contribution in [0.5, 0.6) is 0 Å². The van der Waals surface area contributed by atoms with Gasteiger partial charge in [-0.3, -0.25) is 29.8 Å². The summed E-state index contributed by atoms with van der Waals surface area (Å²) in [5, 5.41) is 24.9. The number of aromatic nitrogens is 2. The molecule has 0 spiro atoms. The highest BCUT2D eigenvalue weighted by molar-refractivity contribution is 5.80. The SMILES string of the molecule is O=c1[nH]c2cc([N+](=O)[O-])cc(CNCc3cccc([N+](=O)[O-])c3)c2[nH]c1=O. The highest BCUT2D eigenvalue weighted by atomic mass is 16.6. The molecule has 11 nitrogen and oxygen atoms in total. The Kier molecular flexibility index (Phi) is 4.77. The van der Waals surface area contributed by atoms with Gasteiger partial charge >= 0.3 is 11.1 Å². The van der Waals surface area contributed by atoms with E-state index in [9.17, 15) is 29.8 Å². The number of fused-ring (bicyclic) bond motifs is 1. The van der Waals surface area contributed by atoms with Crippen LogP contribution in [0.2, 0.25) is 0 Å². The van der Waals surface area contributed by atoms with Crippen molar-refractivity contribution in [1.82, 2.24) is 15.3 Å². The van der Waals surface area contributed by atoms with Gasteiger partial charge in [-0.1, -0.05) is 12.1 Å². The second kappa shape index (κ2) is 7.17. The first kappa shape index (κ1) is 17.9. The van der Waals surface area contributed by atoms with E-state index in [1.54, 1.807) is 12.1 Å². The van der Waals surface area contributed by atoms with Crippen molar-refractivity contribution in [2.75, 3.05) is 0 Å². The fourth-order valence-corrected chi connectivity index (χ4v) is 2.65. The van der Waals surface area contributed by atoms with Gasteiger partial charge in [-0.05, 0) is 11.1 Å². The Morgan fingerprint density at radius 2 is 1.59 bits per heavy atom. The molecule has 1 heterocycles. The lowest BCUT2D eigenvalue weighted by Gasteiger charge is -2.08. The standard InChI is InChI=1S/C16H13N5O6/c22-15-16(23)19-14-10(5-12(21(26)27)6-13(14)18-15)8-17-7-9-2-1-3-11(4-9)20(24)25/h1-6,17H,7-8H2,(H,18,22)(H,19,23). The van der Waals surface area contributed by atoms with Crippen LogP contribution >= 0.6 is 0 Å². The van der Waals surface area contributed by atoms with Crippen LogP contribution in [-0.2, 0) is 13.1 Å². The van der Waals surface area contributed by atoms with E-state index in [-0.39, 0.29) is 35.5 Å². The quantitative estimate of drug-likeness (QED) is 0.334. The fourth-order valence-electron chi connectivity index (χ4n) is 2.65. The van der Waals surface area contributed by atoms with Crippen LogP contribution in [-0.4, -0.2) is 19.8 Å². The molecule has 3 N–H and O–H groups in total. The molecule has 138 valence electrons. The number of nitro groups is 2. The second-order valence-electron chi connectivity index (χ2n) is 5.72. The molecular formula is C16H13N5O6. The molecule has 0 aliphatic rings. The van der Waals surface area contributed by atoms with Crippen LogP contribution in [0.15, 0.2) is 46.0 Å². The van der Waals surface area contributed by atoms with E-state index in [0.29, 0.717) is 11.1 Å². The summed E-state index contributed by atoms with van der Waals surface area (Å²) in [5.41, 5.74) is -0.583. The summed E-state index contributed by atoms with van der Waals surface area (Å²) in [5.74, 6) is 0. The molecule has 3 rings (SSSR count). The third kappa shape index (κ3) is 3.88. The Labute approximate surface area is 150 Å². The molecule has 0 amide bonds. The number of H-pyrrole nitrogens is 2. The lowest BCUT2D eigenvalue weighted by molar-refractivity contribution is -0.385. The van der Waals surface area contributed by atoms with Crippen molar-refractivity contribution >= 4 is 22.4 Å². The summed E-state index contributed by atoms with van der Waals surface area (Å²) in [6.45, 7) is 0.391. The number of rotatable bonds is 6. The van der Waals surface area contributed by atoms with Gasteiger partial charge in [0.15, 0.2) is 0 Å². The Balaban J connectivity index is 1.89. The molecule has 27 heavy (non-hydrogen) atoms. The number of nitrogens with zero attached hydrogens (tertiary/aromatic N) is 2. The lowest BCUT2D eigenvalue weighted by atomic mass is 10.1. The maximum absolute atomic E-state index is 11.6. The lowest BCUT2D eigenvalue weighted by Crippen LogP contribution is -2.29. The molecule has 0 saturated heterocycles. The van der Waals surface area contributed by atoms with E-state index < -0.39 is 21.0 Å². The molecular weight excluding hydrogens is 358 g/mol. The van der Waals surface area contributed by atoms with Crippen LogP contribution in [0.1, 0.15) is 11.1 Å². The van der Waals surface area contributed by atoms with Gasteiger partial charge in [-0.15, -0.1) is 0 Å². The Morgan fingerprint density at radius 1 is 0.889 bits per heavy atom. The predicted octanol–water partition coefficient (Wildman–Crippen LogP) is 1.32. The number of nitro benzene ring substituents is 2. The molecule has 0 fully saturated rings. The average molecular weight is 371 g/mol. The van der Waals surface area contributed by atoms with Crippen LogP contribution < -0.4 is 16.4 Å². The van der Waals surface area contributed by atoms with Gasteiger partial charge in [0, 0.05) is 37.4 Å². The van der Waals surface area contributed by atoms with Crippen molar-refractivity contribution in [3.63, 3.8) is 0 Å². The third-order valence-electron chi connectivity index (χ3n) is 3.87. The molecule has 3 aromatic rings. The highest BCUT2D eigenvalue weighted by Gasteiger charge is 2.14. The average Bonchev–Trinajstić information content (AvgIpc) is 2.63. The van der Waals surface area contributed by atoms with Gasteiger partial charge in [0.05, 0.1) is 20.9 Å². The first-order valence-electron chi connectivity index (χ1n) is 7.73. The minimum Gasteiger partial charge on any atom is -0.316 e. The zero-order valence-corrected chi connectivity index (χ0v) is 13.7. The smallest absolute Gasteiger partial charge is 0.314 e. The number of aromatic amines is 2. The topological polar surface area (TPSA) is 164 Å². The van der Waals surface area contributed by atoms with Gasteiger partial charge in [-0.25, -0.2) is 0 Å². The number of hydrogen-bond donors (Lipinski definition) is 3. The van der Waals surface area contributed by atoms with E-state index in [4.69, 9.17) is 0 Å². The summed E-state index contributed by atoms with van der Waals surface area (Å²) < 4.78 is 0. The molecule has 0 atom stereocenters. The van der Waals surface area contributed by atoms with Gasteiger partial charge in [0.1, 0.15) is 0 Å². The molecule has 1 aromatic heterocycles. The molecule has 0 unspecified atom stereocenters. The summed E-state index contributed by atoms with van der Waals surface area (Å²) in [7, 11) is 0. The molecule has 0 saturated carbocycles. The van der Waals surface area contributed by atoms with Gasteiger partial charge < -0.3 is 15.3 Å². The van der Waals surface area contributed by atoms with E-state index in [1.807, 2.05) is 0 Å². The Bertz CT molecular complexity index is 1170. The van der Waals surface area contributed by atoms with E-state index >= 15 is 0 Å². The first-order valence-corrected chi connectivity index (χ1v) is 7.73. The Morgan fingerprint density at radius 3 is 2.30 bits per heavy atom. The van der Waals surface area contributed by atoms with Crippen molar-refractivity contribution in [1.29, 1.82) is 0 Å².